The quantitative estimate of drug-likeness (QED) is 0.767. The van der Waals surface area contributed by atoms with Gasteiger partial charge in [0.25, 0.3) is 0 Å². The molecule has 110 valence electrons. The van der Waals surface area contributed by atoms with Gasteiger partial charge in [-0.3, -0.25) is 0 Å². The van der Waals surface area contributed by atoms with Crippen LogP contribution in [0.1, 0.15) is 45.1 Å². The average molecular weight is 293 g/mol. The molecule has 2 N–H and O–H groups in total. The minimum absolute atomic E-state index is 0.580. The standard InChI is InChI=1S/C17H25ClN2/c1-3-5-6-13(4-2)11-20-12-14(10-19)16-8-7-15(18)9-17(16)20/h7-9,12-13H,3-6,10-11,19H2,1-2H3. The van der Waals surface area contributed by atoms with Gasteiger partial charge in [-0.1, -0.05) is 50.8 Å². The Morgan fingerprint density at radius 1 is 1.30 bits per heavy atom. The van der Waals surface area contributed by atoms with E-state index in [4.69, 9.17) is 17.3 Å². The minimum atomic E-state index is 0.580. The molecule has 2 nitrogen and oxygen atoms in total. The van der Waals surface area contributed by atoms with E-state index in [1.807, 2.05) is 6.07 Å². The molecule has 0 spiro atoms. The van der Waals surface area contributed by atoms with Crippen LogP contribution in [0.4, 0.5) is 0 Å². The van der Waals surface area contributed by atoms with Gasteiger partial charge in [0.2, 0.25) is 0 Å². The zero-order valence-corrected chi connectivity index (χ0v) is 13.3. The van der Waals surface area contributed by atoms with Crippen LogP contribution in [0.25, 0.3) is 10.9 Å². The first-order chi connectivity index (χ1) is 9.69. The number of rotatable bonds is 7. The maximum atomic E-state index is 6.15. The van der Waals surface area contributed by atoms with Gasteiger partial charge < -0.3 is 10.3 Å². The van der Waals surface area contributed by atoms with Crippen LogP contribution in [-0.4, -0.2) is 4.57 Å². The van der Waals surface area contributed by atoms with Crippen LogP contribution >= 0.6 is 11.6 Å². The van der Waals surface area contributed by atoms with Crippen molar-refractivity contribution >= 4 is 22.5 Å². The van der Waals surface area contributed by atoms with Crippen molar-refractivity contribution < 1.29 is 0 Å². The minimum Gasteiger partial charge on any atom is -0.347 e. The molecule has 0 aliphatic heterocycles. The summed E-state index contributed by atoms with van der Waals surface area (Å²) in [5.74, 6) is 0.732. The molecule has 1 aromatic carbocycles. The lowest BCUT2D eigenvalue weighted by Crippen LogP contribution is -2.09. The Morgan fingerprint density at radius 2 is 2.10 bits per heavy atom. The topological polar surface area (TPSA) is 30.9 Å². The molecular weight excluding hydrogens is 268 g/mol. The van der Waals surface area contributed by atoms with Crippen molar-refractivity contribution in [1.29, 1.82) is 0 Å². The number of fused-ring (bicyclic) bond motifs is 1. The van der Waals surface area contributed by atoms with E-state index in [2.05, 4.69) is 36.7 Å². The number of unbranched alkanes of at least 4 members (excludes halogenated alkanes) is 1. The Labute approximate surface area is 126 Å². The van der Waals surface area contributed by atoms with Crippen molar-refractivity contribution in [2.45, 2.75) is 52.6 Å². The number of nitrogens with two attached hydrogens (primary N) is 1. The summed E-state index contributed by atoms with van der Waals surface area (Å²) in [6, 6.07) is 6.09. The van der Waals surface area contributed by atoms with E-state index in [-0.39, 0.29) is 0 Å². The molecule has 2 aromatic rings. The maximum absolute atomic E-state index is 6.15. The molecule has 2 rings (SSSR count). The summed E-state index contributed by atoms with van der Waals surface area (Å²) < 4.78 is 2.34. The Hall–Kier alpha value is -0.990. The Bertz CT molecular complexity index is 559. The Kier molecular flexibility index (Phi) is 5.50. The third kappa shape index (κ3) is 3.36. The number of aromatic nitrogens is 1. The first-order valence-corrected chi connectivity index (χ1v) is 8.04. The summed E-state index contributed by atoms with van der Waals surface area (Å²) in [5.41, 5.74) is 8.29. The predicted molar refractivity (Wildman–Crippen MR) is 88.1 cm³/mol. The fourth-order valence-corrected chi connectivity index (χ4v) is 3.02. The van der Waals surface area contributed by atoms with Crippen LogP contribution in [0, 0.1) is 5.92 Å². The van der Waals surface area contributed by atoms with Crippen molar-refractivity contribution in [2.75, 3.05) is 0 Å². The number of hydrogen-bond donors (Lipinski definition) is 1. The molecule has 0 bridgehead atoms. The molecule has 1 atom stereocenters. The molecule has 0 aliphatic carbocycles. The summed E-state index contributed by atoms with van der Waals surface area (Å²) in [4.78, 5) is 0. The van der Waals surface area contributed by atoms with E-state index in [1.54, 1.807) is 0 Å². The van der Waals surface area contributed by atoms with Crippen LogP contribution in [-0.2, 0) is 13.1 Å². The highest BCUT2D eigenvalue weighted by Gasteiger charge is 2.12. The molecule has 0 radical (unpaired) electrons. The van der Waals surface area contributed by atoms with E-state index in [9.17, 15) is 0 Å². The van der Waals surface area contributed by atoms with Gasteiger partial charge in [-0.15, -0.1) is 0 Å². The van der Waals surface area contributed by atoms with Gasteiger partial charge in [0.15, 0.2) is 0 Å². The van der Waals surface area contributed by atoms with Crippen LogP contribution in [0.2, 0.25) is 5.02 Å². The molecule has 1 unspecified atom stereocenters. The normalized spacial score (nSPS) is 13.0. The van der Waals surface area contributed by atoms with E-state index in [0.717, 1.165) is 17.5 Å². The largest absolute Gasteiger partial charge is 0.347 e. The van der Waals surface area contributed by atoms with Crippen LogP contribution in [0.15, 0.2) is 24.4 Å². The second-order valence-electron chi connectivity index (χ2n) is 5.59. The van der Waals surface area contributed by atoms with E-state index >= 15 is 0 Å². The summed E-state index contributed by atoms with van der Waals surface area (Å²) in [6.07, 6.45) is 7.30. The zero-order valence-electron chi connectivity index (χ0n) is 12.5. The molecular formula is C17H25ClN2. The summed E-state index contributed by atoms with van der Waals surface area (Å²) in [7, 11) is 0. The lowest BCUT2D eigenvalue weighted by molar-refractivity contribution is 0.396. The van der Waals surface area contributed by atoms with Crippen molar-refractivity contribution in [3.05, 3.63) is 35.0 Å². The monoisotopic (exact) mass is 292 g/mol. The van der Waals surface area contributed by atoms with E-state index in [0.29, 0.717) is 6.54 Å². The Balaban J connectivity index is 2.30. The summed E-state index contributed by atoms with van der Waals surface area (Å²) in [6.45, 7) is 6.18. The highest BCUT2D eigenvalue weighted by molar-refractivity contribution is 6.31. The summed E-state index contributed by atoms with van der Waals surface area (Å²) >= 11 is 6.15. The fourth-order valence-electron chi connectivity index (χ4n) is 2.85. The molecule has 0 amide bonds. The number of halogens is 1. The molecule has 0 saturated heterocycles. The van der Waals surface area contributed by atoms with Gasteiger partial charge in [-0.05, 0) is 30.0 Å². The van der Waals surface area contributed by atoms with Gasteiger partial charge >= 0.3 is 0 Å². The van der Waals surface area contributed by atoms with Gasteiger partial charge in [0.1, 0.15) is 0 Å². The first kappa shape index (κ1) is 15.4. The van der Waals surface area contributed by atoms with Gasteiger partial charge in [0.05, 0.1) is 0 Å². The van der Waals surface area contributed by atoms with Crippen molar-refractivity contribution in [2.24, 2.45) is 11.7 Å². The van der Waals surface area contributed by atoms with Crippen molar-refractivity contribution in [1.82, 2.24) is 4.57 Å². The fraction of sp³-hybridized carbons (Fsp3) is 0.529. The van der Waals surface area contributed by atoms with Gasteiger partial charge in [-0.2, -0.15) is 0 Å². The maximum Gasteiger partial charge on any atom is 0.0498 e. The van der Waals surface area contributed by atoms with Crippen LogP contribution in [0.3, 0.4) is 0 Å². The lowest BCUT2D eigenvalue weighted by Gasteiger charge is -2.16. The zero-order chi connectivity index (χ0) is 14.5. The molecule has 0 fully saturated rings. The van der Waals surface area contributed by atoms with Crippen LogP contribution < -0.4 is 5.73 Å². The number of nitrogens with zero attached hydrogens (tertiary/aromatic N) is 1. The number of benzene rings is 1. The summed E-state index contributed by atoms with van der Waals surface area (Å²) in [5, 5.41) is 2.03. The van der Waals surface area contributed by atoms with Crippen molar-refractivity contribution in [3.8, 4) is 0 Å². The first-order valence-electron chi connectivity index (χ1n) is 7.66. The molecule has 20 heavy (non-hydrogen) atoms. The average Bonchev–Trinajstić information content (AvgIpc) is 2.80. The SMILES string of the molecule is CCCCC(CC)Cn1cc(CN)c2ccc(Cl)cc21. The highest BCUT2D eigenvalue weighted by Crippen LogP contribution is 2.26. The smallest absolute Gasteiger partial charge is 0.0498 e. The molecule has 1 heterocycles. The molecule has 1 aromatic heterocycles. The number of hydrogen-bond acceptors (Lipinski definition) is 1. The Morgan fingerprint density at radius 3 is 2.75 bits per heavy atom. The third-order valence-corrected chi connectivity index (χ3v) is 4.38. The van der Waals surface area contributed by atoms with E-state index < -0.39 is 0 Å². The van der Waals surface area contributed by atoms with E-state index in [1.165, 1.54) is 42.1 Å². The van der Waals surface area contributed by atoms with Gasteiger partial charge in [0, 0.05) is 35.2 Å². The second-order valence-corrected chi connectivity index (χ2v) is 6.03. The molecule has 3 heteroatoms. The predicted octanol–water partition coefficient (Wildman–Crippen LogP) is 4.97. The molecule has 0 saturated carbocycles. The molecule has 0 aliphatic rings. The van der Waals surface area contributed by atoms with Crippen molar-refractivity contribution in [3.63, 3.8) is 0 Å². The third-order valence-electron chi connectivity index (χ3n) is 4.14. The lowest BCUT2D eigenvalue weighted by atomic mass is 9.99. The van der Waals surface area contributed by atoms with Gasteiger partial charge in [-0.25, -0.2) is 0 Å². The van der Waals surface area contributed by atoms with Crippen LogP contribution in [0.5, 0.6) is 0 Å². The highest BCUT2D eigenvalue weighted by atomic mass is 35.5. The second kappa shape index (κ2) is 7.14.